The van der Waals surface area contributed by atoms with Gasteiger partial charge in [0.2, 0.25) is 0 Å². The van der Waals surface area contributed by atoms with Crippen molar-refractivity contribution in [3.05, 3.63) is 12.7 Å². The van der Waals surface area contributed by atoms with E-state index in [-0.39, 0.29) is 0 Å². The third kappa shape index (κ3) is 5.88. The van der Waals surface area contributed by atoms with Crippen molar-refractivity contribution in [2.45, 2.75) is 25.3 Å². The normalized spacial score (nSPS) is 16.0. The first-order valence-corrected chi connectivity index (χ1v) is 8.46. The van der Waals surface area contributed by atoms with Gasteiger partial charge in [-0.3, -0.25) is 0 Å². The predicted molar refractivity (Wildman–Crippen MR) is 80.8 cm³/mol. The Hall–Kier alpha value is -0.470. The molecular weight excluding hydrogens is 278 g/mol. The van der Waals surface area contributed by atoms with Gasteiger partial charge in [-0.05, 0) is 25.8 Å². The zero-order chi connectivity index (χ0) is 15.0. The molecule has 0 radical (unpaired) electrons. The summed E-state index contributed by atoms with van der Waals surface area (Å²) in [7, 11) is -0.251. The average Bonchev–Trinajstić information content (AvgIpc) is 3.23. The zero-order valence-electron chi connectivity index (χ0n) is 12.5. The van der Waals surface area contributed by atoms with Crippen LogP contribution in [-0.2, 0) is 14.9 Å². The van der Waals surface area contributed by atoms with Crippen molar-refractivity contribution in [1.82, 2.24) is 13.9 Å². The lowest BCUT2D eigenvalue weighted by Gasteiger charge is -2.26. The maximum atomic E-state index is 12.4. The Balaban J connectivity index is 2.41. The van der Waals surface area contributed by atoms with E-state index in [2.05, 4.69) is 11.9 Å². The molecule has 1 aliphatic rings. The minimum atomic E-state index is -3.43. The van der Waals surface area contributed by atoms with Crippen LogP contribution in [0.15, 0.2) is 12.7 Å². The van der Waals surface area contributed by atoms with E-state index < -0.39 is 10.2 Å². The Morgan fingerprint density at radius 2 is 2.10 bits per heavy atom. The second-order valence-electron chi connectivity index (χ2n) is 5.05. The van der Waals surface area contributed by atoms with Crippen LogP contribution in [0.2, 0.25) is 0 Å². The predicted octanol–water partition coefficient (Wildman–Crippen LogP) is 0.440. The highest BCUT2D eigenvalue weighted by atomic mass is 32.2. The van der Waals surface area contributed by atoms with Gasteiger partial charge in [-0.1, -0.05) is 6.08 Å². The second-order valence-corrected chi connectivity index (χ2v) is 7.09. The van der Waals surface area contributed by atoms with Crippen LogP contribution in [0.3, 0.4) is 0 Å². The van der Waals surface area contributed by atoms with E-state index in [0.29, 0.717) is 32.3 Å². The highest BCUT2D eigenvalue weighted by molar-refractivity contribution is 7.86. The van der Waals surface area contributed by atoms with Gasteiger partial charge in [0.15, 0.2) is 0 Å². The molecule has 1 rings (SSSR count). The highest BCUT2D eigenvalue weighted by Gasteiger charge is 2.25. The van der Waals surface area contributed by atoms with Gasteiger partial charge in [-0.15, -0.1) is 6.58 Å². The van der Waals surface area contributed by atoms with Crippen LogP contribution >= 0.6 is 0 Å². The number of hydrogen-bond donors (Lipinski definition) is 1. The van der Waals surface area contributed by atoms with Crippen LogP contribution in [0.1, 0.15) is 19.3 Å². The molecule has 0 aromatic carbocycles. The Morgan fingerprint density at radius 3 is 2.65 bits per heavy atom. The van der Waals surface area contributed by atoms with Crippen LogP contribution in [0.4, 0.5) is 0 Å². The lowest BCUT2D eigenvalue weighted by molar-refractivity contribution is 0.179. The molecular formula is C13H27N3O3S. The molecule has 0 bridgehead atoms. The van der Waals surface area contributed by atoms with Crippen LogP contribution in [-0.4, -0.2) is 70.0 Å². The average molecular weight is 305 g/mol. The molecule has 6 nitrogen and oxygen atoms in total. The summed E-state index contributed by atoms with van der Waals surface area (Å²) in [4.78, 5) is 0. The number of nitrogens with one attached hydrogen (secondary N) is 1. The van der Waals surface area contributed by atoms with Gasteiger partial charge in [0.05, 0.1) is 6.61 Å². The molecule has 7 heteroatoms. The van der Waals surface area contributed by atoms with E-state index in [0.717, 1.165) is 13.0 Å². The molecule has 1 N–H and O–H groups in total. The summed E-state index contributed by atoms with van der Waals surface area (Å²) in [5, 5.41) is 3.38. The molecule has 0 saturated heterocycles. The molecule has 20 heavy (non-hydrogen) atoms. The Morgan fingerprint density at radius 1 is 1.40 bits per heavy atom. The van der Waals surface area contributed by atoms with Crippen molar-refractivity contribution in [2.75, 3.05) is 46.9 Å². The SMILES string of the molecule is C=CCN(CCOC)S(=O)(=O)N(C)CCCNC1CC1. The molecule has 0 aromatic heterocycles. The van der Waals surface area contributed by atoms with Crippen LogP contribution in [0.25, 0.3) is 0 Å². The molecule has 0 amide bonds. The molecule has 0 atom stereocenters. The van der Waals surface area contributed by atoms with Crippen molar-refractivity contribution in [2.24, 2.45) is 0 Å². The number of hydrogen-bond acceptors (Lipinski definition) is 4. The Labute approximate surface area is 123 Å². The van der Waals surface area contributed by atoms with Gasteiger partial charge < -0.3 is 10.1 Å². The lowest BCUT2D eigenvalue weighted by atomic mass is 10.4. The number of methoxy groups -OCH3 is 1. The highest BCUT2D eigenvalue weighted by Crippen LogP contribution is 2.18. The van der Waals surface area contributed by atoms with Crippen LogP contribution < -0.4 is 5.32 Å². The third-order valence-corrected chi connectivity index (χ3v) is 5.21. The van der Waals surface area contributed by atoms with Crippen LogP contribution in [0, 0.1) is 0 Å². The van der Waals surface area contributed by atoms with Crippen LogP contribution in [0.5, 0.6) is 0 Å². The van der Waals surface area contributed by atoms with Crippen molar-refractivity contribution in [3.8, 4) is 0 Å². The first-order chi connectivity index (χ1) is 9.52. The Bertz CT molecular complexity index is 382. The van der Waals surface area contributed by atoms with Gasteiger partial charge in [0, 0.05) is 39.8 Å². The van der Waals surface area contributed by atoms with Crippen molar-refractivity contribution in [1.29, 1.82) is 0 Å². The number of rotatable bonds is 12. The number of ether oxygens (including phenoxy) is 1. The fraction of sp³-hybridized carbons (Fsp3) is 0.846. The van der Waals surface area contributed by atoms with Gasteiger partial charge in [0.25, 0.3) is 10.2 Å². The van der Waals surface area contributed by atoms with E-state index in [9.17, 15) is 8.42 Å². The first kappa shape index (κ1) is 17.6. The monoisotopic (exact) mass is 305 g/mol. The first-order valence-electron chi connectivity index (χ1n) is 7.07. The summed E-state index contributed by atoms with van der Waals surface area (Å²) in [6, 6.07) is 0.663. The van der Waals surface area contributed by atoms with Crippen molar-refractivity contribution in [3.63, 3.8) is 0 Å². The standard InChI is InChI=1S/C13H27N3O3S/c1-4-9-16(11-12-19-3)20(17,18)15(2)10-5-8-14-13-6-7-13/h4,13-14H,1,5-12H2,2-3H3. The van der Waals surface area contributed by atoms with Crippen molar-refractivity contribution >= 4 is 10.2 Å². The van der Waals surface area contributed by atoms with Gasteiger partial charge in [0.1, 0.15) is 0 Å². The molecule has 1 fully saturated rings. The van der Waals surface area contributed by atoms with Crippen molar-refractivity contribution < 1.29 is 13.2 Å². The summed E-state index contributed by atoms with van der Waals surface area (Å²) in [6.45, 7) is 6.01. The van der Waals surface area contributed by atoms with E-state index >= 15 is 0 Å². The van der Waals surface area contributed by atoms with E-state index in [1.807, 2.05) is 0 Å². The van der Waals surface area contributed by atoms with E-state index in [1.54, 1.807) is 20.2 Å². The minimum Gasteiger partial charge on any atom is -0.383 e. The molecule has 1 saturated carbocycles. The smallest absolute Gasteiger partial charge is 0.282 e. The molecule has 0 unspecified atom stereocenters. The summed E-state index contributed by atoms with van der Waals surface area (Å²) >= 11 is 0. The quantitative estimate of drug-likeness (QED) is 0.420. The summed E-state index contributed by atoms with van der Waals surface area (Å²) < 4.78 is 32.5. The minimum absolute atomic E-state index is 0.302. The largest absolute Gasteiger partial charge is 0.383 e. The Kier molecular flexibility index (Phi) is 7.68. The molecule has 0 spiro atoms. The number of nitrogens with zero attached hydrogens (tertiary/aromatic N) is 2. The van der Waals surface area contributed by atoms with E-state index in [1.165, 1.54) is 21.5 Å². The fourth-order valence-corrected chi connectivity index (χ4v) is 3.20. The second kappa shape index (κ2) is 8.74. The summed E-state index contributed by atoms with van der Waals surface area (Å²) in [5.74, 6) is 0. The molecule has 0 heterocycles. The van der Waals surface area contributed by atoms with Gasteiger partial charge >= 0.3 is 0 Å². The van der Waals surface area contributed by atoms with E-state index in [4.69, 9.17) is 4.74 Å². The lowest BCUT2D eigenvalue weighted by Crippen LogP contribution is -2.44. The van der Waals surface area contributed by atoms with Gasteiger partial charge in [-0.25, -0.2) is 0 Å². The third-order valence-electron chi connectivity index (χ3n) is 3.26. The molecule has 0 aromatic rings. The maximum absolute atomic E-state index is 12.4. The molecule has 0 aliphatic heterocycles. The van der Waals surface area contributed by atoms with Gasteiger partial charge in [-0.2, -0.15) is 17.0 Å². The molecule has 1 aliphatic carbocycles. The zero-order valence-corrected chi connectivity index (χ0v) is 13.4. The maximum Gasteiger partial charge on any atom is 0.282 e. The molecule has 118 valence electrons. The summed E-state index contributed by atoms with van der Waals surface area (Å²) in [6.07, 6.45) is 4.91. The topological polar surface area (TPSA) is 61.9 Å². The summed E-state index contributed by atoms with van der Waals surface area (Å²) in [5.41, 5.74) is 0. The fourth-order valence-electron chi connectivity index (χ4n) is 1.85.